The van der Waals surface area contributed by atoms with Gasteiger partial charge in [-0.15, -0.1) is 0 Å². The Hall–Kier alpha value is -0.550. The fourth-order valence-electron chi connectivity index (χ4n) is 2.25. The van der Waals surface area contributed by atoms with Gasteiger partial charge in [-0.1, -0.05) is 19.9 Å². The highest BCUT2D eigenvalue weighted by molar-refractivity contribution is 5.23. The Bertz CT molecular complexity index is 285. The second-order valence-electron chi connectivity index (χ2n) is 4.73. The Morgan fingerprint density at radius 2 is 1.94 bits per heavy atom. The number of rotatable bonds is 2. The highest BCUT2D eigenvalue weighted by Gasteiger charge is 2.56. The maximum absolute atomic E-state index is 12.7. The summed E-state index contributed by atoms with van der Waals surface area (Å²) in [6.07, 6.45) is -2.40. The first-order chi connectivity index (χ1) is 7.20. The lowest BCUT2D eigenvalue weighted by Crippen LogP contribution is -2.51. The van der Waals surface area contributed by atoms with Gasteiger partial charge in [-0.2, -0.15) is 13.2 Å². The predicted molar refractivity (Wildman–Crippen MR) is 53.7 cm³/mol. The minimum absolute atomic E-state index is 0.000764. The van der Waals surface area contributed by atoms with Crippen LogP contribution in [0, 0.1) is 11.8 Å². The standard InChI is InChI=1S/C11H17F3O2/c1-7-3-8(2)5-9(4-7)10(16,6-15)11(12,13)14/h4,7-8,15-16H,3,5-6H2,1-2H3. The van der Waals surface area contributed by atoms with Crippen molar-refractivity contribution in [1.29, 1.82) is 0 Å². The monoisotopic (exact) mass is 238 g/mol. The zero-order valence-electron chi connectivity index (χ0n) is 9.38. The molecule has 0 heterocycles. The highest BCUT2D eigenvalue weighted by Crippen LogP contribution is 2.42. The topological polar surface area (TPSA) is 40.5 Å². The van der Waals surface area contributed by atoms with E-state index in [1.54, 1.807) is 0 Å². The van der Waals surface area contributed by atoms with E-state index in [9.17, 15) is 18.3 Å². The molecular weight excluding hydrogens is 221 g/mol. The Labute approximate surface area is 92.8 Å². The van der Waals surface area contributed by atoms with Crippen molar-refractivity contribution in [3.63, 3.8) is 0 Å². The third-order valence-electron chi connectivity index (χ3n) is 3.06. The highest BCUT2D eigenvalue weighted by atomic mass is 19.4. The smallest absolute Gasteiger partial charge is 0.393 e. The maximum atomic E-state index is 12.7. The van der Waals surface area contributed by atoms with Crippen LogP contribution >= 0.6 is 0 Å². The van der Waals surface area contributed by atoms with Crippen LogP contribution in [-0.2, 0) is 0 Å². The molecule has 3 atom stereocenters. The number of aliphatic hydroxyl groups is 2. The molecule has 94 valence electrons. The fraction of sp³-hybridized carbons (Fsp3) is 0.818. The van der Waals surface area contributed by atoms with E-state index in [4.69, 9.17) is 5.11 Å². The molecule has 0 spiro atoms. The molecule has 16 heavy (non-hydrogen) atoms. The van der Waals surface area contributed by atoms with Crippen molar-refractivity contribution in [3.05, 3.63) is 11.6 Å². The van der Waals surface area contributed by atoms with E-state index in [-0.39, 0.29) is 23.8 Å². The molecule has 0 aromatic heterocycles. The molecule has 0 saturated carbocycles. The van der Waals surface area contributed by atoms with E-state index in [0.29, 0.717) is 0 Å². The van der Waals surface area contributed by atoms with Crippen molar-refractivity contribution in [2.45, 2.75) is 38.5 Å². The zero-order chi connectivity index (χ0) is 12.6. The van der Waals surface area contributed by atoms with E-state index in [2.05, 4.69) is 0 Å². The number of allylic oxidation sites excluding steroid dienone is 1. The van der Waals surface area contributed by atoms with Crippen molar-refractivity contribution in [3.8, 4) is 0 Å². The Morgan fingerprint density at radius 1 is 1.38 bits per heavy atom. The molecule has 2 nitrogen and oxygen atoms in total. The molecule has 0 fully saturated rings. The van der Waals surface area contributed by atoms with Gasteiger partial charge in [-0.05, 0) is 30.3 Å². The van der Waals surface area contributed by atoms with Crippen molar-refractivity contribution in [1.82, 2.24) is 0 Å². The van der Waals surface area contributed by atoms with E-state index in [1.807, 2.05) is 13.8 Å². The van der Waals surface area contributed by atoms with Gasteiger partial charge in [0.15, 0.2) is 0 Å². The normalized spacial score (nSPS) is 30.8. The van der Waals surface area contributed by atoms with Gasteiger partial charge in [0.1, 0.15) is 0 Å². The molecule has 1 rings (SSSR count). The lowest BCUT2D eigenvalue weighted by atomic mass is 9.77. The van der Waals surface area contributed by atoms with Gasteiger partial charge in [0.25, 0.3) is 0 Å². The molecule has 0 radical (unpaired) electrons. The molecule has 0 aromatic rings. The molecule has 2 N–H and O–H groups in total. The molecule has 3 unspecified atom stereocenters. The average molecular weight is 238 g/mol. The summed E-state index contributed by atoms with van der Waals surface area (Å²) in [6.45, 7) is 2.34. The zero-order valence-corrected chi connectivity index (χ0v) is 9.38. The summed E-state index contributed by atoms with van der Waals surface area (Å²) < 4.78 is 38.1. The second-order valence-corrected chi connectivity index (χ2v) is 4.73. The molecular formula is C11H17F3O2. The number of hydrogen-bond acceptors (Lipinski definition) is 2. The first-order valence-corrected chi connectivity index (χ1v) is 5.32. The molecule has 5 heteroatoms. The van der Waals surface area contributed by atoms with Crippen LogP contribution in [0.25, 0.3) is 0 Å². The summed E-state index contributed by atoms with van der Waals surface area (Å²) >= 11 is 0. The molecule has 1 aliphatic rings. The van der Waals surface area contributed by atoms with Crippen LogP contribution in [0.1, 0.15) is 26.7 Å². The van der Waals surface area contributed by atoms with Gasteiger partial charge < -0.3 is 10.2 Å². The van der Waals surface area contributed by atoms with Crippen molar-refractivity contribution >= 4 is 0 Å². The molecule has 0 aliphatic heterocycles. The van der Waals surface area contributed by atoms with Gasteiger partial charge >= 0.3 is 6.18 Å². The largest absolute Gasteiger partial charge is 0.423 e. The average Bonchev–Trinajstić information content (AvgIpc) is 2.13. The van der Waals surface area contributed by atoms with Gasteiger partial charge in [-0.3, -0.25) is 0 Å². The molecule has 0 amide bonds. The molecule has 0 bridgehead atoms. The number of hydrogen-bond donors (Lipinski definition) is 2. The van der Waals surface area contributed by atoms with Gasteiger partial charge in [-0.25, -0.2) is 0 Å². The Kier molecular flexibility index (Phi) is 3.69. The summed E-state index contributed by atoms with van der Waals surface area (Å²) in [7, 11) is 0. The summed E-state index contributed by atoms with van der Waals surface area (Å²) in [4.78, 5) is 0. The number of halogens is 3. The van der Waals surface area contributed by atoms with E-state index < -0.39 is 18.4 Å². The third-order valence-corrected chi connectivity index (χ3v) is 3.06. The van der Waals surface area contributed by atoms with Crippen LogP contribution in [0.2, 0.25) is 0 Å². The predicted octanol–water partition coefficient (Wildman–Crippen LogP) is 2.26. The lowest BCUT2D eigenvalue weighted by molar-refractivity contribution is -0.256. The van der Waals surface area contributed by atoms with Crippen molar-refractivity contribution < 1.29 is 23.4 Å². The van der Waals surface area contributed by atoms with Gasteiger partial charge in [0.2, 0.25) is 5.60 Å². The first-order valence-electron chi connectivity index (χ1n) is 5.32. The Balaban J connectivity index is 3.06. The quantitative estimate of drug-likeness (QED) is 0.724. The van der Waals surface area contributed by atoms with Crippen LogP contribution in [0.3, 0.4) is 0 Å². The van der Waals surface area contributed by atoms with E-state index in [1.165, 1.54) is 6.08 Å². The van der Waals surface area contributed by atoms with Crippen LogP contribution in [-0.4, -0.2) is 28.6 Å². The number of aliphatic hydroxyl groups excluding tert-OH is 1. The molecule has 1 aliphatic carbocycles. The molecule has 0 aromatic carbocycles. The van der Waals surface area contributed by atoms with Gasteiger partial charge in [0, 0.05) is 0 Å². The van der Waals surface area contributed by atoms with Crippen molar-refractivity contribution in [2.24, 2.45) is 11.8 Å². The van der Waals surface area contributed by atoms with Gasteiger partial charge in [0.05, 0.1) is 6.61 Å². The molecule has 0 saturated heterocycles. The first kappa shape index (κ1) is 13.5. The minimum atomic E-state index is -4.83. The van der Waals surface area contributed by atoms with Crippen LogP contribution in [0.5, 0.6) is 0 Å². The van der Waals surface area contributed by atoms with Crippen LogP contribution in [0.15, 0.2) is 11.6 Å². The summed E-state index contributed by atoms with van der Waals surface area (Å²) in [5, 5.41) is 18.4. The Morgan fingerprint density at radius 3 is 2.31 bits per heavy atom. The number of alkyl halides is 3. The second kappa shape index (κ2) is 4.37. The van der Waals surface area contributed by atoms with Crippen molar-refractivity contribution in [2.75, 3.05) is 6.61 Å². The SMILES string of the molecule is CC1C=C(C(O)(CO)C(F)(F)F)CC(C)C1. The van der Waals surface area contributed by atoms with Crippen LogP contribution < -0.4 is 0 Å². The minimum Gasteiger partial charge on any atom is -0.393 e. The maximum Gasteiger partial charge on any atom is 0.423 e. The van der Waals surface area contributed by atoms with E-state index >= 15 is 0 Å². The third kappa shape index (κ3) is 2.40. The summed E-state index contributed by atoms with van der Waals surface area (Å²) in [5.41, 5.74) is -3.18. The van der Waals surface area contributed by atoms with Crippen LogP contribution in [0.4, 0.5) is 13.2 Å². The fourth-order valence-corrected chi connectivity index (χ4v) is 2.25. The summed E-state index contributed by atoms with van der Waals surface area (Å²) in [5.74, 6) is 0.0922. The summed E-state index contributed by atoms with van der Waals surface area (Å²) in [6, 6.07) is 0. The lowest BCUT2D eigenvalue weighted by Gasteiger charge is -2.35. The van der Waals surface area contributed by atoms with E-state index in [0.717, 1.165) is 6.42 Å².